The summed E-state index contributed by atoms with van der Waals surface area (Å²) in [7, 11) is 0. The fraction of sp³-hybridized carbons (Fsp3) is 0.286. The molecule has 0 fully saturated rings. The number of ether oxygens (including phenoxy) is 2. The maximum absolute atomic E-state index is 11.8. The van der Waals surface area contributed by atoms with E-state index >= 15 is 0 Å². The van der Waals surface area contributed by atoms with Gasteiger partial charge in [0.15, 0.2) is 6.10 Å². The van der Waals surface area contributed by atoms with Crippen molar-refractivity contribution in [2.45, 2.75) is 19.4 Å². The van der Waals surface area contributed by atoms with E-state index in [-0.39, 0.29) is 0 Å². The van der Waals surface area contributed by atoms with E-state index in [1.165, 1.54) is 11.0 Å². The molecule has 21 heavy (non-hydrogen) atoms. The van der Waals surface area contributed by atoms with Gasteiger partial charge >= 0.3 is 5.97 Å². The van der Waals surface area contributed by atoms with Crippen molar-refractivity contribution in [3.05, 3.63) is 43.2 Å². The highest BCUT2D eigenvalue weighted by atomic mass is 16.6. The molecule has 1 unspecified atom stereocenters. The van der Waals surface area contributed by atoms with Crippen LogP contribution in [0.25, 0.3) is 5.69 Å². The molecule has 1 heterocycles. The quantitative estimate of drug-likeness (QED) is 0.333. The number of carbonyl (C=O) groups excluding carboxylic acids is 1. The molecule has 0 amide bonds. The highest BCUT2D eigenvalue weighted by Crippen LogP contribution is 2.15. The lowest BCUT2D eigenvalue weighted by atomic mass is 10.3. The highest BCUT2D eigenvalue weighted by Gasteiger charge is 2.15. The minimum atomic E-state index is -0.621. The largest absolute Gasteiger partial charge is 0.425 e. The Morgan fingerprint density at radius 2 is 2.19 bits per heavy atom. The maximum atomic E-state index is 11.8. The fourth-order valence-electron chi connectivity index (χ4n) is 1.54. The van der Waals surface area contributed by atoms with E-state index in [0.717, 1.165) is 5.69 Å². The summed E-state index contributed by atoms with van der Waals surface area (Å²) in [5, 5.41) is 10.9. The van der Waals surface area contributed by atoms with Crippen molar-refractivity contribution in [2.75, 3.05) is 6.61 Å². The second-order valence-corrected chi connectivity index (χ2v) is 4.26. The fourth-order valence-corrected chi connectivity index (χ4v) is 1.54. The first-order valence-electron chi connectivity index (χ1n) is 6.48. The number of rotatable bonds is 7. The van der Waals surface area contributed by atoms with Gasteiger partial charge in [0.05, 0.1) is 12.3 Å². The molecule has 1 atom stereocenters. The Morgan fingerprint density at radius 3 is 2.81 bits per heavy atom. The van der Waals surface area contributed by atoms with Crippen LogP contribution >= 0.6 is 0 Å². The van der Waals surface area contributed by atoms with Crippen molar-refractivity contribution in [2.24, 2.45) is 0 Å². The standard InChI is InChI=1S/C14H16N4O3/c1-3-4-9-20-11(2)14(19)21-13-7-5-12(6-8-13)18-10-15-16-17-18/h3,5-8,10-11H,1,4,9H2,2H3. The number of esters is 1. The van der Waals surface area contributed by atoms with Crippen molar-refractivity contribution in [1.29, 1.82) is 0 Å². The van der Waals surface area contributed by atoms with Crippen LogP contribution in [0, 0.1) is 0 Å². The topological polar surface area (TPSA) is 79.1 Å². The molecular formula is C14H16N4O3. The molecule has 0 N–H and O–H groups in total. The smallest absolute Gasteiger partial charge is 0.340 e. The minimum absolute atomic E-state index is 0.436. The molecule has 0 spiro atoms. The van der Waals surface area contributed by atoms with Gasteiger partial charge in [-0.25, -0.2) is 9.48 Å². The van der Waals surface area contributed by atoms with Gasteiger partial charge in [-0.15, -0.1) is 11.7 Å². The summed E-state index contributed by atoms with van der Waals surface area (Å²) in [4.78, 5) is 11.8. The zero-order valence-electron chi connectivity index (χ0n) is 11.7. The Balaban J connectivity index is 1.90. The molecule has 7 nitrogen and oxygen atoms in total. The molecular weight excluding hydrogens is 272 g/mol. The molecule has 0 aliphatic heterocycles. The number of aromatic nitrogens is 4. The Hall–Kier alpha value is -2.54. The van der Waals surface area contributed by atoms with Crippen LogP contribution in [0.1, 0.15) is 13.3 Å². The summed E-state index contributed by atoms with van der Waals surface area (Å²) in [5.41, 5.74) is 0.773. The van der Waals surface area contributed by atoms with Crippen LogP contribution in [0.4, 0.5) is 0 Å². The molecule has 0 saturated carbocycles. The molecule has 1 aromatic carbocycles. The molecule has 110 valence electrons. The SMILES string of the molecule is C=CCCOC(C)C(=O)Oc1ccc(-n2cnnn2)cc1. The number of hydrogen-bond acceptors (Lipinski definition) is 6. The minimum Gasteiger partial charge on any atom is -0.425 e. The van der Waals surface area contributed by atoms with Gasteiger partial charge in [0.25, 0.3) is 0 Å². The predicted octanol–water partition coefficient (Wildman–Crippen LogP) is 1.55. The third-order valence-corrected chi connectivity index (χ3v) is 2.69. The number of carbonyl (C=O) groups is 1. The average molecular weight is 288 g/mol. The summed E-state index contributed by atoms with van der Waals surface area (Å²) >= 11 is 0. The zero-order valence-corrected chi connectivity index (χ0v) is 11.7. The van der Waals surface area contributed by atoms with Crippen molar-refractivity contribution in [1.82, 2.24) is 20.2 Å². The van der Waals surface area contributed by atoms with Gasteiger partial charge in [-0.3, -0.25) is 0 Å². The lowest BCUT2D eigenvalue weighted by molar-refractivity contribution is -0.146. The van der Waals surface area contributed by atoms with Crippen LogP contribution < -0.4 is 4.74 Å². The highest BCUT2D eigenvalue weighted by molar-refractivity contribution is 5.76. The normalized spacial score (nSPS) is 11.9. The van der Waals surface area contributed by atoms with Gasteiger partial charge in [-0.05, 0) is 48.0 Å². The Bertz CT molecular complexity index is 581. The van der Waals surface area contributed by atoms with Gasteiger partial charge in [0, 0.05) is 0 Å². The first-order valence-corrected chi connectivity index (χ1v) is 6.48. The van der Waals surface area contributed by atoms with Crippen LogP contribution in [-0.4, -0.2) is 38.9 Å². The molecule has 0 bridgehead atoms. The van der Waals surface area contributed by atoms with Gasteiger partial charge in [0.2, 0.25) is 0 Å². The van der Waals surface area contributed by atoms with Crippen molar-refractivity contribution >= 4 is 5.97 Å². The second-order valence-electron chi connectivity index (χ2n) is 4.26. The summed E-state index contributed by atoms with van der Waals surface area (Å²) in [6.07, 6.45) is 3.29. The molecule has 0 saturated heterocycles. The van der Waals surface area contributed by atoms with Crippen LogP contribution in [-0.2, 0) is 9.53 Å². The van der Waals surface area contributed by atoms with E-state index in [4.69, 9.17) is 9.47 Å². The first-order chi connectivity index (χ1) is 10.2. The Morgan fingerprint density at radius 1 is 1.43 bits per heavy atom. The third-order valence-electron chi connectivity index (χ3n) is 2.69. The number of hydrogen-bond donors (Lipinski definition) is 0. The van der Waals surface area contributed by atoms with Gasteiger partial charge in [-0.2, -0.15) is 0 Å². The molecule has 2 rings (SSSR count). The van der Waals surface area contributed by atoms with Gasteiger partial charge in [-0.1, -0.05) is 6.08 Å². The third kappa shape index (κ3) is 4.22. The first kappa shape index (κ1) is 14.9. The summed E-state index contributed by atoms with van der Waals surface area (Å²) in [6, 6.07) is 6.85. The van der Waals surface area contributed by atoms with Gasteiger partial charge in [0.1, 0.15) is 12.1 Å². The molecule has 1 aromatic heterocycles. The van der Waals surface area contributed by atoms with E-state index in [1.807, 2.05) is 0 Å². The predicted molar refractivity (Wildman–Crippen MR) is 75.0 cm³/mol. The van der Waals surface area contributed by atoms with Crippen LogP contribution in [0.2, 0.25) is 0 Å². The van der Waals surface area contributed by atoms with Crippen molar-refractivity contribution in [3.63, 3.8) is 0 Å². The zero-order chi connectivity index (χ0) is 15.1. The van der Waals surface area contributed by atoms with E-state index < -0.39 is 12.1 Å². The Kier molecular flexibility index (Phi) is 5.16. The van der Waals surface area contributed by atoms with E-state index in [9.17, 15) is 4.79 Å². The van der Waals surface area contributed by atoms with E-state index in [0.29, 0.717) is 18.8 Å². The summed E-state index contributed by atoms with van der Waals surface area (Å²) in [5.74, 6) is 0.00484. The lowest BCUT2D eigenvalue weighted by Crippen LogP contribution is -2.26. The molecule has 0 aliphatic carbocycles. The average Bonchev–Trinajstić information content (AvgIpc) is 3.02. The Labute approximate surface area is 122 Å². The van der Waals surface area contributed by atoms with Crippen LogP contribution in [0.5, 0.6) is 5.75 Å². The molecule has 7 heteroatoms. The molecule has 0 aliphatic rings. The molecule has 0 radical (unpaired) electrons. The van der Waals surface area contributed by atoms with Crippen molar-refractivity contribution in [3.8, 4) is 11.4 Å². The second kappa shape index (κ2) is 7.30. The summed E-state index contributed by atoms with van der Waals surface area (Å²) < 4.78 is 12.1. The number of tetrazole rings is 1. The van der Waals surface area contributed by atoms with Crippen LogP contribution in [0.15, 0.2) is 43.2 Å². The maximum Gasteiger partial charge on any atom is 0.340 e. The van der Waals surface area contributed by atoms with E-state index in [2.05, 4.69) is 22.1 Å². The monoisotopic (exact) mass is 288 g/mol. The van der Waals surface area contributed by atoms with Gasteiger partial charge < -0.3 is 9.47 Å². The van der Waals surface area contributed by atoms with E-state index in [1.54, 1.807) is 37.3 Å². The lowest BCUT2D eigenvalue weighted by Gasteiger charge is -2.12. The van der Waals surface area contributed by atoms with Crippen molar-refractivity contribution < 1.29 is 14.3 Å². The number of benzene rings is 1. The molecule has 2 aromatic rings. The summed E-state index contributed by atoms with van der Waals surface area (Å²) in [6.45, 7) is 5.68. The number of nitrogens with zero attached hydrogens (tertiary/aromatic N) is 4. The van der Waals surface area contributed by atoms with Crippen LogP contribution in [0.3, 0.4) is 0 Å².